The fourth-order valence-corrected chi connectivity index (χ4v) is 5.09. The molecule has 1 atom stereocenters. The Balaban J connectivity index is 1.53. The van der Waals surface area contributed by atoms with Crippen LogP contribution >= 0.6 is 11.8 Å². The maximum atomic E-state index is 12.5. The number of amidine groups is 1. The molecule has 0 aliphatic carbocycles. The number of hydrogen-bond acceptors (Lipinski definition) is 6. The van der Waals surface area contributed by atoms with Crippen LogP contribution in [0.3, 0.4) is 0 Å². The van der Waals surface area contributed by atoms with Crippen molar-refractivity contribution in [3.63, 3.8) is 0 Å². The average Bonchev–Trinajstić information content (AvgIpc) is 3.48. The van der Waals surface area contributed by atoms with Crippen LogP contribution in [0.25, 0.3) is 6.08 Å². The fraction of sp³-hybridized carbons (Fsp3) is 0.207. The third-order valence-corrected chi connectivity index (χ3v) is 7.14. The Morgan fingerprint density at radius 2 is 1.47 bits per heavy atom. The number of hydrazone groups is 1. The van der Waals surface area contributed by atoms with E-state index in [2.05, 4.69) is 75.5 Å². The Bertz CT molecular complexity index is 1340. The molecule has 2 aliphatic heterocycles. The van der Waals surface area contributed by atoms with E-state index in [1.54, 1.807) is 0 Å². The van der Waals surface area contributed by atoms with Crippen LogP contribution in [0.4, 0.5) is 16.2 Å². The summed E-state index contributed by atoms with van der Waals surface area (Å²) in [5.41, 5.74) is 6.48. The Labute approximate surface area is 216 Å². The van der Waals surface area contributed by atoms with Crippen LogP contribution in [0.5, 0.6) is 0 Å². The molecule has 3 aromatic rings. The lowest BCUT2D eigenvalue weighted by molar-refractivity contribution is 0.267. The monoisotopic (exact) mass is 495 g/mol. The molecule has 7 heteroatoms. The summed E-state index contributed by atoms with van der Waals surface area (Å²) in [6.45, 7) is 0. The van der Waals surface area contributed by atoms with E-state index in [1.807, 2.05) is 57.5 Å². The largest absolute Gasteiger partial charge is 0.378 e. The molecule has 0 saturated heterocycles. The third kappa shape index (κ3) is 4.93. The summed E-state index contributed by atoms with van der Waals surface area (Å²) in [5, 5.41) is 6.73. The molecule has 2 heterocycles. The van der Waals surface area contributed by atoms with Gasteiger partial charge < -0.3 is 9.80 Å². The summed E-state index contributed by atoms with van der Waals surface area (Å²) in [7, 11) is 8.10. The number of aliphatic imine (C=N–C) groups is 1. The highest BCUT2D eigenvalue weighted by molar-refractivity contribution is 8.18. The van der Waals surface area contributed by atoms with Gasteiger partial charge in [-0.2, -0.15) is 10.1 Å². The highest BCUT2D eigenvalue weighted by atomic mass is 32.2. The minimum atomic E-state index is -0.216. The maximum absolute atomic E-state index is 12.5. The molecular weight excluding hydrogens is 466 g/mol. The van der Waals surface area contributed by atoms with Gasteiger partial charge in [-0.3, -0.25) is 4.79 Å². The quantitative estimate of drug-likeness (QED) is 0.417. The van der Waals surface area contributed by atoms with E-state index in [-0.39, 0.29) is 11.3 Å². The summed E-state index contributed by atoms with van der Waals surface area (Å²) >= 11 is 1.16. The number of carbonyl (C=O) groups is 1. The first kappa shape index (κ1) is 23.9. The molecular formula is C29H29N5OS. The van der Waals surface area contributed by atoms with Gasteiger partial charge in [0.05, 0.1) is 16.7 Å². The molecule has 0 fully saturated rings. The van der Waals surface area contributed by atoms with Crippen LogP contribution in [0.15, 0.2) is 93.9 Å². The van der Waals surface area contributed by atoms with Gasteiger partial charge in [-0.25, -0.2) is 5.01 Å². The SMILES string of the molecule is CN(C)c1ccc(/C=C2\SC(=O)N=C2N2N=C(c3ccccc3)CC2c2ccc(N(C)C)cc2)cc1. The van der Waals surface area contributed by atoms with Crippen molar-refractivity contribution >= 4 is 46.0 Å². The van der Waals surface area contributed by atoms with Crippen molar-refractivity contribution in [3.8, 4) is 0 Å². The summed E-state index contributed by atoms with van der Waals surface area (Å²) in [6.07, 6.45) is 2.75. The first-order chi connectivity index (χ1) is 17.4. The number of thioether (sulfide) groups is 1. The number of nitrogens with zero attached hydrogens (tertiary/aromatic N) is 5. The van der Waals surface area contributed by atoms with E-state index >= 15 is 0 Å². The van der Waals surface area contributed by atoms with E-state index < -0.39 is 0 Å². The first-order valence-electron chi connectivity index (χ1n) is 11.9. The second-order valence-corrected chi connectivity index (χ2v) is 10.3. The van der Waals surface area contributed by atoms with Gasteiger partial charge in [0.2, 0.25) is 0 Å². The smallest absolute Gasteiger partial charge is 0.311 e. The summed E-state index contributed by atoms with van der Waals surface area (Å²) in [4.78, 5) is 21.9. The second-order valence-electron chi connectivity index (χ2n) is 9.26. The lowest BCUT2D eigenvalue weighted by Crippen LogP contribution is -2.26. The lowest BCUT2D eigenvalue weighted by Gasteiger charge is -2.24. The van der Waals surface area contributed by atoms with Crippen LogP contribution in [-0.4, -0.2) is 50.0 Å². The summed E-state index contributed by atoms with van der Waals surface area (Å²) in [5.74, 6) is 0.606. The topological polar surface area (TPSA) is 51.5 Å². The molecule has 6 nitrogen and oxygen atoms in total. The molecule has 1 amide bonds. The Hall–Kier alpha value is -3.84. The van der Waals surface area contributed by atoms with Gasteiger partial charge in [-0.15, -0.1) is 0 Å². The molecule has 36 heavy (non-hydrogen) atoms. The highest BCUT2D eigenvalue weighted by Crippen LogP contribution is 2.40. The van der Waals surface area contributed by atoms with Crippen molar-refractivity contribution in [2.45, 2.75) is 12.5 Å². The van der Waals surface area contributed by atoms with Crippen molar-refractivity contribution < 1.29 is 4.79 Å². The standard InChI is InChI=1S/C29H29N5OS/c1-32(2)23-14-10-20(11-15-23)18-27-28(30-29(35)36-27)34-26(22-12-16-24(17-13-22)33(3)4)19-25(31-34)21-8-6-5-7-9-21/h5-18,26H,19H2,1-4H3/b27-18-. The van der Waals surface area contributed by atoms with Gasteiger partial charge in [-0.1, -0.05) is 54.6 Å². The summed E-state index contributed by atoms with van der Waals surface area (Å²) in [6, 6.07) is 26.9. The maximum Gasteiger partial charge on any atom is 0.311 e. The molecule has 2 aliphatic rings. The average molecular weight is 496 g/mol. The van der Waals surface area contributed by atoms with Crippen LogP contribution in [0, 0.1) is 0 Å². The van der Waals surface area contributed by atoms with E-state index in [0.717, 1.165) is 56.9 Å². The number of hydrogen-bond donors (Lipinski definition) is 0. The van der Waals surface area contributed by atoms with Crippen molar-refractivity contribution in [1.29, 1.82) is 0 Å². The number of amides is 1. The molecule has 182 valence electrons. The highest BCUT2D eigenvalue weighted by Gasteiger charge is 2.36. The zero-order valence-corrected chi connectivity index (χ0v) is 21.7. The molecule has 3 aromatic carbocycles. The summed E-state index contributed by atoms with van der Waals surface area (Å²) < 4.78 is 0. The van der Waals surface area contributed by atoms with Gasteiger partial charge in [0.15, 0.2) is 5.84 Å². The van der Waals surface area contributed by atoms with Crippen LogP contribution in [-0.2, 0) is 0 Å². The lowest BCUT2D eigenvalue weighted by atomic mass is 9.98. The van der Waals surface area contributed by atoms with Crippen molar-refractivity contribution in [1.82, 2.24) is 5.01 Å². The Morgan fingerprint density at radius 1 is 0.861 bits per heavy atom. The molecule has 0 N–H and O–H groups in total. The van der Waals surface area contributed by atoms with Crippen molar-refractivity contribution in [3.05, 3.63) is 100 Å². The zero-order valence-electron chi connectivity index (χ0n) is 20.9. The van der Waals surface area contributed by atoms with E-state index in [4.69, 9.17) is 5.10 Å². The first-order valence-corrected chi connectivity index (χ1v) is 12.7. The van der Waals surface area contributed by atoms with Crippen LogP contribution in [0.2, 0.25) is 0 Å². The number of carbonyl (C=O) groups excluding carboxylic acids is 1. The van der Waals surface area contributed by atoms with Gasteiger partial charge in [0, 0.05) is 46.0 Å². The molecule has 0 saturated carbocycles. The molecule has 0 aromatic heterocycles. The van der Waals surface area contributed by atoms with Crippen molar-refractivity contribution in [2.75, 3.05) is 38.0 Å². The fourth-order valence-electron chi connectivity index (χ4n) is 4.35. The van der Waals surface area contributed by atoms with Gasteiger partial charge >= 0.3 is 5.24 Å². The Kier molecular flexibility index (Phi) is 6.65. The minimum absolute atomic E-state index is 0.0545. The predicted octanol–water partition coefficient (Wildman–Crippen LogP) is 6.28. The van der Waals surface area contributed by atoms with E-state index in [9.17, 15) is 4.79 Å². The van der Waals surface area contributed by atoms with Gasteiger partial charge in [0.25, 0.3) is 0 Å². The number of rotatable bonds is 5. The molecule has 0 bridgehead atoms. The van der Waals surface area contributed by atoms with Crippen molar-refractivity contribution in [2.24, 2.45) is 10.1 Å². The zero-order chi connectivity index (χ0) is 25.2. The predicted molar refractivity (Wildman–Crippen MR) is 152 cm³/mol. The van der Waals surface area contributed by atoms with E-state index in [1.165, 1.54) is 0 Å². The number of benzene rings is 3. The number of anilines is 2. The molecule has 0 radical (unpaired) electrons. The molecule has 1 unspecified atom stereocenters. The second kappa shape index (κ2) is 10.0. The van der Waals surface area contributed by atoms with Crippen LogP contribution < -0.4 is 9.80 Å². The van der Waals surface area contributed by atoms with E-state index in [0.29, 0.717) is 5.84 Å². The van der Waals surface area contributed by atoms with Gasteiger partial charge in [-0.05, 0) is 58.8 Å². The third-order valence-electron chi connectivity index (χ3n) is 6.35. The van der Waals surface area contributed by atoms with Gasteiger partial charge in [0.1, 0.15) is 0 Å². The normalized spacial score (nSPS) is 18.4. The van der Waals surface area contributed by atoms with Crippen LogP contribution in [0.1, 0.15) is 29.2 Å². The minimum Gasteiger partial charge on any atom is -0.378 e. The molecule has 0 spiro atoms. The Morgan fingerprint density at radius 3 is 2.08 bits per heavy atom. The molecule has 5 rings (SSSR count).